The van der Waals surface area contributed by atoms with Crippen molar-refractivity contribution in [2.75, 3.05) is 13.1 Å². The largest absolute Gasteiger partial charge is 0.445 e. The second-order valence-electron chi connectivity index (χ2n) is 5.87. The Morgan fingerprint density at radius 1 is 1.00 bits per heavy atom. The molecule has 2 N–H and O–H groups in total. The van der Waals surface area contributed by atoms with Crippen LogP contribution < -0.4 is 10.6 Å². The van der Waals surface area contributed by atoms with Crippen LogP contribution in [0.5, 0.6) is 0 Å². The molecule has 0 fully saturated rings. The second-order valence-corrected chi connectivity index (χ2v) is 5.87. The fraction of sp³-hybridized carbons (Fsp3) is 0.611. The molecule has 0 aliphatic rings. The highest BCUT2D eigenvalue weighted by Crippen LogP contribution is 2.03. The molecule has 0 heterocycles. The Balaban J connectivity index is 1.89. The summed E-state index contributed by atoms with van der Waals surface area (Å²) in [5.41, 5.74) is 1.01. The Kier molecular flexibility index (Phi) is 10.1. The summed E-state index contributed by atoms with van der Waals surface area (Å²) in [6, 6.07) is 10.3. The monoisotopic (exact) mass is 306 g/mol. The molecule has 0 aromatic heterocycles. The lowest BCUT2D eigenvalue weighted by Gasteiger charge is -2.08. The van der Waals surface area contributed by atoms with E-state index in [0.29, 0.717) is 19.2 Å². The summed E-state index contributed by atoms with van der Waals surface area (Å²) in [5, 5.41) is 6.21. The molecule has 0 atom stereocenters. The van der Waals surface area contributed by atoms with Crippen LogP contribution in [0.3, 0.4) is 0 Å². The summed E-state index contributed by atoms with van der Waals surface area (Å²) in [7, 11) is 0. The van der Waals surface area contributed by atoms with Gasteiger partial charge in [0, 0.05) is 12.6 Å². The number of amides is 1. The lowest BCUT2D eigenvalue weighted by molar-refractivity contribution is 0.139. The van der Waals surface area contributed by atoms with Gasteiger partial charge in [0.2, 0.25) is 0 Å². The number of carbonyl (C=O) groups is 1. The molecule has 0 bridgehead atoms. The average molecular weight is 306 g/mol. The van der Waals surface area contributed by atoms with Crippen molar-refractivity contribution in [2.45, 2.75) is 58.6 Å². The number of alkyl carbamates (subject to hydrolysis) is 1. The van der Waals surface area contributed by atoms with E-state index in [0.717, 1.165) is 24.9 Å². The van der Waals surface area contributed by atoms with Gasteiger partial charge in [0.25, 0.3) is 0 Å². The van der Waals surface area contributed by atoms with Gasteiger partial charge in [-0.1, -0.05) is 63.4 Å². The first-order valence-electron chi connectivity index (χ1n) is 8.36. The lowest BCUT2D eigenvalue weighted by atomic mass is 10.1. The Morgan fingerprint density at radius 3 is 2.32 bits per heavy atom. The fourth-order valence-corrected chi connectivity index (χ4v) is 2.14. The van der Waals surface area contributed by atoms with E-state index in [1.165, 1.54) is 19.3 Å². The van der Waals surface area contributed by atoms with E-state index in [-0.39, 0.29) is 6.09 Å². The van der Waals surface area contributed by atoms with Crippen molar-refractivity contribution in [2.24, 2.45) is 0 Å². The van der Waals surface area contributed by atoms with Gasteiger partial charge in [-0.25, -0.2) is 4.79 Å². The summed E-state index contributed by atoms with van der Waals surface area (Å²) in [6.07, 6.45) is 5.53. The maximum absolute atomic E-state index is 11.5. The van der Waals surface area contributed by atoms with Gasteiger partial charge in [0.15, 0.2) is 0 Å². The van der Waals surface area contributed by atoms with Crippen LogP contribution in [0.15, 0.2) is 30.3 Å². The highest BCUT2D eigenvalue weighted by atomic mass is 16.5. The Morgan fingerprint density at radius 2 is 1.64 bits per heavy atom. The van der Waals surface area contributed by atoms with Crippen LogP contribution in [0.25, 0.3) is 0 Å². The van der Waals surface area contributed by atoms with Gasteiger partial charge in [0.05, 0.1) is 0 Å². The molecule has 0 aliphatic heterocycles. The molecular formula is C18H30N2O2. The summed E-state index contributed by atoms with van der Waals surface area (Å²) in [4.78, 5) is 11.5. The van der Waals surface area contributed by atoms with Crippen LogP contribution in [0.2, 0.25) is 0 Å². The molecule has 0 aliphatic carbocycles. The van der Waals surface area contributed by atoms with E-state index < -0.39 is 0 Å². The van der Waals surface area contributed by atoms with Gasteiger partial charge in [0.1, 0.15) is 6.61 Å². The number of benzene rings is 1. The lowest BCUT2D eigenvalue weighted by Crippen LogP contribution is -2.25. The SMILES string of the molecule is CC(C)NCCCCCCCNC(=O)OCc1ccccc1. The molecule has 0 spiro atoms. The van der Waals surface area contributed by atoms with E-state index >= 15 is 0 Å². The van der Waals surface area contributed by atoms with E-state index in [9.17, 15) is 4.79 Å². The Hall–Kier alpha value is -1.55. The number of hydrogen-bond acceptors (Lipinski definition) is 3. The van der Waals surface area contributed by atoms with Gasteiger partial charge in [-0.15, -0.1) is 0 Å². The van der Waals surface area contributed by atoms with Gasteiger partial charge in [-0.2, -0.15) is 0 Å². The number of ether oxygens (including phenoxy) is 1. The summed E-state index contributed by atoms with van der Waals surface area (Å²) in [6.45, 7) is 6.46. The van der Waals surface area contributed by atoms with Crippen LogP contribution in [0, 0.1) is 0 Å². The van der Waals surface area contributed by atoms with Crippen LogP contribution >= 0.6 is 0 Å². The Labute approximate surface area is 134 Å². The summed E-state index contributed by atoms with van der Waals surface area (Å²) >= 11 is 0. The zero-order valence-electron chi connectivity index (χ0n) is 13.9. The van der Waals surface area contributed by atoms with Crippen molar-refractivity contribution in [3.8, 4) is 0 Å². The highest BCUT2D eigenvalue weighted by Gasteiger charge is 2.01. The number of carbonyl (C=O) groups excluding carboxylic acids is 1. The molecule has 0 saturated heterocycles. The molecule has 4 nitrogen and oxygen atoms in total. The average Bonchev–Trinajstić information content (AvgIpc) is 2.52. The molecule has 0 saturated carbocycles. The van der Waals surface area contributed by atoms with Gasteiger partial charge in [-0.05, 0) is 24.9 Å². The second kappa shape index (κ2) is 12.0. The molecule has 4 heteroatoms. The van der Waals surface area contributed by atoms with Crippen molar-refractivity contribution in [3.05, 3.63) is 35.9 Å². The number of rotatable bonds is 11. The molecule has 124 valence electrons. The molecule has 0 radical (unpaired) electrons. The predicted molar refractivity (Wildman–Crippen MR) is 90.9 cm³/mol. The van der Waals surface area contributed by atoms with E-state index in [1.807, 2.05) is 30.3 Å². The minimum atomic E-state index is -0.329. The summed E-state index contributed by atoms with van der Waals surface area (Å²) < 4.78 is 5.15. The van der Waals surface area contributed by atoms with Crippen molar-refractivity contribution in [1.29, 1.82) is 0 Å². The van der Waals surface area contributed by atoms with E-state index in [4.69, 9.17) is 4.74 Å². The third-order valence-corrected chi connectivity index (χ3v) is 3.39. The molecule has 1 rings (SSSR count). The van der Waals surface area contributed by atoms with Crippen molar-refractivity contribution >= 4 is 6.09 Å². The maximum atomic E-state index is 11.5. The first kappa shape index (κ1) is 18.5. The van der Waals surface area contributed by atoms with E-state index in [1.54, 1.807) is 0 Å². The van der Waals surface area contributed by atoms with Crippen molar-refractivity contribution in [3.63, 3.8) is 0 Å². The molecule has 0 unspecified atom stereocenters. The van der Waals surface area contributed by atoms with Crippen molar-refractivity contribution in [1.82, 2.24) is 10.6 Å². The standard InChI is InChI=1S/C18H30N2O2/c1-16(2)19-13-9-4-3-5-10-14-20-18(21)22-15-17-11-7-6-8-12-17/h6-8,11-12,16,19H,3-5,9-10,13-15H2,1-2H3,(H,20,21). The predicted octanol–water partition coefficient (Wildman–Crippen LogP) is 3.86. The maximum Gasteiger partial charge on any atom is 0.407 e. The normalized spacial score (nSPS) is 10.7. The van der Waals surface area contributed by atoms with Crippen LogP contribution in [0.1, 0.15) is 51.5 Å². The number of unbranched alkanes of at least 4 members (excludes halogenated alkanes) is 4. The van der Waals surface area contributed by atoms with Gasteiger partial charge >= 0.3 is 6.09 Å². The highest BCUT2D eigenvalue weighted by molar-refractivity contribution is 5.67. The quantitative estimate of drug-likeness (QED) is 0.610. The fourth-order valence-electron chi connectivity index (χ4n) is 2.14. The van der Waals surface area contributed by atoms with E-state index in [2.05, 4.69) is 24.5 Å². The Bertz CT molecular complexity index is 393. The topological polar surface area (TPSA) is 50.4 Å². The zero-order chi connectivity index (χ0) is 16.0. The summed E-state index contributed by atoms with van der Waals surface area (Å²) in [5.74, 6) is 0. The molecule has 1 aromatic carbocycles. The number of nitrogens with one attached hydrogen (secondary N) is 2. The minimum Gasteiger partial charge on any atom is -0.445 e. The first-order valence-corrected chi connectivity index (χ1v) is 8.36. The molecule has 22 heavy (non-hydrogen) atoms. The third kappa shape index (κ3) is 10.2. The molecular weight excluding hydrogens is 276 g/mol. The smallest absolute Gasteiger partial charge is 0.407 e. The van der Waals surface area contributed by atoms with Gasteiger partial charge < -0.3 is 15.4 Å². The van der Waals surface area contributed by atoms with Crippen molar-refractivity contribution < 1.29 is 9.53 Å². The van der Waals surface area contributed by atoms with Crippen LogP contribution in [-0.2, 0) is 11.3 Å². The molecule has 1 aromatic rings. The number of hydrogen-bond donors (Lipinski definition) is 2. The van der Waals surface area contributed by atoms with Crippen LogP contribution in [0.4, 0.5) is 4.79 Å². The zero-order valence-corrected chi connectivity index (χ0v) is 13.9. The van der Waals surface area contributed by atoms with Gasteiger partial charge in [-0.3, -0.25) is 0 Å². The minimum absolute atomic E-state index is 0.329. The van der Waals surface area contributed by atoms with Crippen LogP contribution in [-0.4, -0.2) is 25.2 Å². The third-order valence-electron chi connectivity index (χ3n) is 3.39. The molecule has 1 amide bonds. The first-order chi connectivity index (χ1) is 10.7.